The summed E-state index contributed by atoms with van der Waals surface area (Å²) in [5, 5.41) is 2.36. The number of pyridine rings is 1. The highest BCUT2D eigenvalue weighted by atomic mass is 16.5. The third-order valence-corrected chi connectivity index (χ3v) is 13.3. The van der Waals surface area contributed by atoms with Crippen LogP contribution in [0.2, 0.25) is 0 Å². The first-order valence-electron chi connectivity index (χ1n) is 21.9. The van der Waals surface area contributed by atoms with E-state index in [1.165, 1.54) is 44.5 Å². The predicted molar refractivity (Wildman–Crippen MR) is 258 cm³/mol. The van der Waals surface area contributed by atoms with Gasteiger partial charge in [0.25, 0.3) is 0 Å². The fraction of sp³-hybridized carbons (Fsp3) is 0.315. The Bertz CT molecular complexity index is 2800. The van der Waals surface area contributed by atoms with Gasteiger partial charge in [0.15, 0.2) is 0 Å². The van der Waals surface area contributed by atoms with Crippen molar-refractivity contribution < 1.29 is 4.74 Å². The Hall–Kier alpha value is -5.95. The molecule has 0 N–H and O–H groups in total. The van der Waals surface area contributed by atoms with Crippen molar-refractivity contribution in [1.29, 1.82) is 0 Å². The molecule has 3 aliphatic rings. The van der Waals surface area contributed by atoms with E-state index >= 15 is 0 Å². The third kappa shape index (κ3) is 7.36. The normalized spacial score (nSPS) is 15.9. The molecule has 0 aliphatic carbocycles. The van der Waals surface area contributed by atoms with Crippen LogP contribution in [0.4, 0.5) is 17.1 Å². The van der Waals surface area contributed by atoms with Crippen molar-refractivity contribution in [1.82, 2.24) is 14.4 Å². The summed E-state index contributed by atoms with van der Waals surface area (Å²) in [5.41, 5.74) is 11.2. The molecule has 6 aromatic rings. The lowest BCUT2D eigenvalue weighted by molar-refractivity contribution is 0.182. The van der Waals surface area contributed by atoms with Crippen LogP contribution in [0.1, 0.15) is 88.1 Å². The molecule has 6 nitrogen and oxygen atoms in total. The summed E-state index contributed by atoms with van der Waals surface area (Å²) in [6, 6.07) is 36.8. The van der Waals surface area contributed by atoms with Gasteiger partial charge in [0.05, 0.1) is 29.1 Å². The number of anilines is 3. The molecule has 0 bridgehead atoms. The van der Waals surface area contributed by atoms with Gasteiger partial charge >= 0.3 is 6.85 Å². The van der Waals surface area contributed by atoms with E-state index in [1.807, 2.05) is 6.20 Å². The van der Waals surface area contributed by atoms with E-state index in [0.717, 1.165) is 40.5 Å². The summed E-state index contributed by atoms with van der Waals surface area (Å²) >= 11 is 0. The number of nitrogens with zero attached hydrogens (tertiary/aromatic N) is 5. The molecular weight excluding hydrogens is 745 g/mol. The van der Waals surface area contributed by atoms with Crippen LogP contribution in [-0.4, -0.2) is 27.9 Å². The Morgan fingerprint density at radius 3 is 2.08 bits per heavy atom. The Kier molecular flexibility index (Phi) is 9.69. The minimum absolute atomic E-state index is 0.000829. The molecule has 7 heteroatoms. The van der Waals surface area contributed by atoms with E-state index in [1.54, 1.807) is 0 Å². The van der Waals surface area contributed by atoms with Crippen molar-refractivity contribution in [3.63, 3.8) is 0 Å². The molecule has 0 unspecified atom stereocenters. The molecule has 0 spiro atoms. The maximum absolute atomic E-state index is 6.78. The van der Waals surface area contributed by atoms with Gasteiger partial charge in [-0.25, -0.2) is 4.98 Å². The zero-order valence-electron chi connectivity index (χ0n) is 37.9. The highest BCUT2D eigenvalue weighted by Gasteiger charge is 2.43. The third-order valence-electron chi connectivity index (χ3n) is 13.3. The van der Waals surface area contributed by atoms with E-state index in [-0.39, 0.29) is 28.5 Å². The van der Waals surface area contributed by atoms with Crippen LogP contribution >= 0.6 is 0 Å². The highest BCUT2D eigenvalue weighted by molar-refractivity contribution is 6.71. The Balaban J connectivity index is 1.08. The summed E-state index contributed by atoms with van der Waals surface area (Å²) in [5.74, 6) is 5.00. The quantitative estimate of drug-likeness (QED) is 0.150. The number of rotatable bonds is 7. The lowest BCUT2D eigenvalue weighted by Crippen LogP contribution is -2.46. The molecule has 0 amide bonds. The smallest absolute Gasteiger partial charge is 0.337 e. The summed E-state index contributed by atoms with van der Waals surface area (Å²) in [6.07, 6.45) is 12.1. The van der Waals surface area contributed by atoms with Crippen LogP contribution in [0, 0.1) is 16.2 Å². The standard InChI is InChI=1S/C54H60BN5O/c1-51(2,3)34-37-26-29-57-30-27-39(54(10,11)53(7,8)9)35-55(57)50(37)59-36-58(46-21-14-15-22-47(46)59)40-17-16-18-41(32-40)61-42-23-24-44-43-19-12-13-20-45(43)60(48(44)33-42)49-31-38(25-28-56-49)52(4,5)6/h12-33,35H,34,36H2,1-11H3. The summed E-state index contributed by atoms with van der Waals surface area (Å²) < 4.78 is 9.05. The lowest BCUT2D eigenvalue weighted by atomic mass is 9.49. The van der Waals surface area contributed by atoms with Crippen molar-refractivity contribution >= 4 is 45.7 Å². The summed E-state index contributed by atoms with van der Waals surface area (Å²) in [4.78, 5) is 12.3. The molecule has 61 heavy (non-hydrogen) atoms. The summed E-state index contributed by atoms with van der Waals surface area (Å²) in [7, 11) is 0. The van der Waals surface area contributed by atoms with Gasteiger partial charge in [0.2, 0.25) is 0 Å². The van der Waals surface area contributed by atoms with Gasteiger partial charge < -0.3 is 19.3 Å². The molecule has 0 fully saturated rings. The second-order valence-electron chi connectivity index (χ2n) is 20.9. The van der Waals surface area contributed by atoms with Crippen molar-refractivity contribution in [3.05, 3.63) is 162 Å². The maximum Gasteiger partial charge on any atom is 0.337 e. The molecule has 0 atom stereocenters. The SMILES string of the molecule is CC(C)(C)CC1=C(N2CN(c3cccc(Oc4ccc5c6ccccc6n(-c6cc(C(C)(C)C)ccn6)c5c4)c3)c3ccccc32)B2C=C(C(C)(C)C(C)(C)C)C=CN2C=C1. The highest BCUT2D eigenvalue weighted by Crippen LogP contribution is 2.49. The van der Waals surface area contributed by atoms with Crippen LogP contribution in [-0.2, 0) is 5.41 Å². The molecule has 4 aromatic carbocycles. The molecule has 310 valence electrons. The minimum Gasteiger partial charge on any atom is -0.457 e. The van der Waals surface area contributed by atoms with Crippen molar-refractivity contribution in [2.45, 2.75) is 88.0 Å². The van der Waals surface area contributed by atoms with Gasteiger partial charge in [-0.05, 0) is 118 Å². The van der Waals surface area contributed by atoms with Gasteiger partial charge in [0.1, 0.15) is 17.3 Å². The first kappa shape index (κ1) is 40.5. The first-order valence-corrected chi connectivity index (χ1v) is 21.9. The second-order valence-corrected chi connectivity index (χ2v) is 20.9. The van der Waals surface area contributed by atoms with E-state index in [4.69, 9.17) is 9.72 Å². The number of aromatic nitrogens is 2. The number of benzene rings is 4. The van der Waals surface area contributed by atoms with E-state index in [9.17, 15) is 0 Å². The molecular formula is C54H60BN5O. The number of allylic oxidation sites excluding steroid dienone is 4. The molecule has 3 aliphatic heterocycles. The van der Waals surface area contributed by atoms with Crippen LogP contribution in [0.3, 0.4) is 0 Å². The van der Waals surface area contributed by atoms with Gasteiger partial charge in [-0.1, -0.05) is 124 Å². The molecule has 0 radical (unpaired) electrons. The monoisotopic (exact) mass is 805 g/mol. The van der Waals surface area contributed by atoms with Gasteiger partial charge in [-0.15, -0.1) is 0 Å². The van der Waals surface area contributed by atoms with Gasteiger partial charge in [0, 0.05) is 40.4 Å². The van der Waals surface area contributed by atoms with Crippen molar-refractivity contribution in [2.75, 3.05) is 16.5 Å². The van der Waals surface area contributed by atoms with Gasteiger partial charge in [-0.3, -0.25) is 4.57 Å². The molecule has 9 rings (SSSR count). The number of fused-ring (bicyclic) bond motifs is 5. The molecule has 2 aromatic heterocycles. The fourth-order valence-corrected chi connectivity index (χ4v) is 9.05. The summed E-state index contributed by atoms with van der Waals surface area (Å²) in [6.45, 7) is 26.4. The van der Waals surface area contributed by atoms with Crippen molar-refractivity contribution in [2.24, 2.45) is 16.2 Å². The minimum atomic E-state index is -0.0171. The van der Waals surface area contributed by atoms with Crippen LogP contribution < -0.4 is 14.5 Å². The van der Waals surface area contributed by atoms with E-state index in [0.29, 0.717) is 6.67 Å². The predicted octanol–water partition coefficient (Wildman–Crippen LogP) is 14.3. The zero-order chi connectivity index (χ0) is 43.1. The van der Waals surface area contributed by atoms with Crippen LogP contribution in [0.15, 0.2) is 157 Å². The van der Waals surface area contributed by atoms with Gasteiger partial charge in [-0.2, -0.15) is 0 Å². The average molecular weight is 806 g/mol. The second kappa shape index (κ2) is 14.6. The lowest BCUT2D eigenvalue weighted by Gasteiger charge is -2.44. The van der Waals surface area contributed by atoms with Crippen LogP contribution in [0.25, 0.3) is 27.6 Å². The number of ether oxygens (including phenoxy) is 1. The van der Waals surface area contributed by atoms with E-state index < -0.39 is 0 Å². The first-order chi connectivity index (χ1) is 28.9. The number of para-hydroxylation sites is 3. The maximum atomic E-state index is 6.78. The number of hydrogen-bond acceptors (Lipinski definition) is 5. The Morgan fingerprint density at radius 1 is 0.656 bits per heavy atom. The van der Waals surface area contributed by atoms with E-state index in [2.05, 4.69) is 229 Å². The molecule has 0 saturated heterocycles. The topological polar surface area (TPSA) is 36.8 Å². The largest absolute Gasteiger partial charge is 0.457 e. The zero-order valence-corrected chi connectivity index (χ0v) is 37.9. The molecule has 5 heterocycles. The fourth-order valence-electron chi connectivity index (χ4n) is 9.05. The average Bonchev–Trinajstić information content (AvgIpc) is 3.75. The Labute approximate surface area is 363 Å². The molecule has 0 saturated carbocycles. The number of hydrogen-bond donors (Lipinski definition) is 0. The van der Waals surface area contributed by atoms with Crippen LogP contribution in [0.5, 0.6) is 11.5 Å². The van der Waals surface area contributed by atoms with Crippen molar-refractivity contribution in [3.8, 4) is 17.3 Å². The Morgan fingerprint density at radius 2 is 1.34 bits per heavy atom.